The molecule has 11 nitrogen and oxygen atoms in total. The topological polar surface area (TPSA) is 140 Å². The summed E-state index contributed by atoms with van der Waals surface area (Å²) < 4.78 is 34.8. The zero-order valence-electron chi connectivity index (χ0n) is 28.3. The molecule has 2 saturated heterocycles. The fourth-order valence-electron chi connectivity index (χ4n) is 6.24. The van der Waals surface area contributed by atoms with Crippen molar-refractivity contribution in [3.63, 3.8) is 0 Å². The van der Waals surface area contributed by atoms with Gasteiger partial charge in [-0.3, -0.25) is 14.4 Å². The molecule has 268 valence electrons. The first kappa shape index (κ1) is 37.9. The van der Waals surface area contributed by atoms with E-state index < -0.39 is 34.7 Å². The van der Waals surface area contributed by atoms with E-state index in [1.54, 1.807) is 42.1 Å². The van der Waals surface area contributed by atoms with Crippen molar-refractivity contribution in [2.24, 2.45) is 0 Å². The fraction of sp³-hybridized carbons (Fsp3) is 0.405. The third-order valence-electron chi connectivity index (χ3n) is 9.11. The molecule has 0 radical (unpaired) electrons. The minimum Gasteiger partial charge on any atom is -0.481 e. The van der Waals surface area contributed by atoms with Crippen LogP contribution in [0, 0.1) is 11.6 Å². The molecule has 5 rings (SSSR count). The van der Waals surface area contributed by atoms with Crippen LogP contribution in [0.4, 0.5) is 13.6 Å². The van der Waals surface area contributed by atoms with Gasteiger partial charge < -0.3 is 35.0 Å². The maximum atomic E-state index is 14.5. The van der Waals surface area contributed by atoms with Crippen LogP contribution in [0.15, 0.2) is 78.9 Å². The number of carbonyl (C=O) groups excluding carboxylic acids is 2. The Hall–Kier alpha value is -4.88. The van der Waals surface area contributed by atoms with E-state index >= 15 is 0 Å². The molecule has 3 N–H and O–H groups in total. The average molecular weight is 695 g/mol. The number of nitrogens with one attached hydrogen (secondary N) is 1. The van der Waals surface area contributed by atoms with Gasteiger partial charge in [0, 0.05) is 45.8 Å². The molecular formula is C37H44F2N4O7. The van der Waals surface area contributed by atoms with Crippen LogP contribution < -0.4 is 5.32 Å². The normalized spacial score (nSPS) is 18.7. The summed E-state index contributed by atoms with van der Waals surface area (Å²) in [6, 6.07) is 22.8. The van der Waals surface area contributed by atoms with E-state index in [0.717, 1.165) is 24.7 Å². The van der Waals surface area contributed by atoms with Crippen molar-refractivity contribution in [1.29, 1.82) is 0 Å². The summed E-state index contributed by atoms with van der Waals surface area (Å²) in [5, 5.41) is 19.1. The number of piperidine rings is 1. The van der Waals surface area contributed by atoms with E-state index in [1.165, 1.54) is 6.07 Å². The molecule has 2 aliphatic heterocycles. The number of urea groups is 1. The molecule has 0 aliphatic carbocycles. The Labute approximate surface area is 290 Å². The van der Waals surface area contributed by atoms with Crippen LogP contribution in [0.1, 0.15) is 53.6 Å². The molecule has 0 bridgehead atoms. The maximum absolute atomic E-state index is 14.5. The Morgan fingerprint density at radius 3 is 1.98 bits per heavy atom. The fourth-order valence-corrected chi connectivity index (χ4v) is 6.24. The number of nitrogens with zero attached hydrogens (tertiary/aromatic N) is 3. The van der Waals surface area contributed by atoms with Crippen LogP contribution in [0.3, 0.4) is 0 Å². The Kier molecular flexibility index (Phi) is 13.0. The van der Waals surface area contributed by atoms with E-state index in [-0.39, 0.29) is 37.9 Å². The summed E-state index contributed by atoms with van der Waals surface area (Å²) in [6.45, 7) is 3.00. The summed E-state index contributed by atoms with van der Waals surface area (Å²) >= 11 is 0. The molecule has 0 unspecified atom stereocenters. The average Bonchev–Trinajstić information content (AvgIpc) is 3.12. The molecule has 0 spiro atoms. The van der Waals surface area contributed by atoms with E-state index in [0.29, 0.717) is 43.5 Å². The van der Waals surface area contributed by atoms with Crippen molar-refractivity contribution in [3.05, 3.63) is 107 Å². The lowest BCUT2D eigenvalue weighted by Gasteiger charge is -2.46. The first-order valence-corrected chi connectivity index (χ1v) is 16.5. The maximum Gasteiger partial charge on any atom is 0.317 e. The second-order valence-electron chi connectivity index (χ2n) is 12.7. The van der Waals surface area contributed by atoms with Crippen molar-refractivity contribution in [1.82, 2.24) is 20.0 Å². The van der Waals surface area contributed by atoms with E-state index in [1.807, 2.05) is 36.4 Å². The SMILES string of the molecule is CN(C)C(=O)NC1(c2ccccc2)CCN(CC[C@@]2(c3ccc(F)c(F)c3)CN(C(=O)c3ccccc3)CCO2)CC1.O=C(O)CCC(=O)O. The van der Waals surface area contributed by atoms with Gasteiger partial charge in [-0.15, -0.1) is 0 Å². The molecule has 13 heteroatoms. The first-order valence-electron chi connectivity index (χ1n) is 16.5. The molecule has 3 amide bonds. The van der Waals surface area contributed by atoms with Gasteiger partial charge in [0.15, 0.2) is 11.6 Å². The van der Waals surface area contributed by atoms with E-state index in [2.05, 4.69) is 22.3 Å². The number of carboxylic acids is 2. The number of aliphatic carboxylic acids is 2. The first-order chi connectivity index (χ1) is 23.8. The Balaban J connectivity index is 0.000000627. The monoisotopic (exact) mass is 694 g/mol. The number of morpholine rings is 1. The number of carboxylic acid groups (broad SMARTS) is 2. The minimum atomic E-state index is -1.08. The Morgan fingerprint density at radius 2 is 1.42 bits per heavy atom. The number of ether oxygens (including phenoxy) is 1. The molecular weight excluding hydrogens is 650 g/mol. The van der Waals surface area contributed by atoms with Crippen LogP contribution in [-0.4, -0.2) is 102 Å². The summed E-state index contributed by atoms with van der Waals surface area (Å²) in [7, 11) is 3.47. The predicted octanol–water partition coefficient (Wildman–Crippen LogP) is 4.92. The number of carbonyl (C=O) groups is 4. The highest BCUT2D eigenvalue weighted by molar-refractivity contribution is 5.94. The van der Waals surface area contributed by atoms with Gasteiger partial charge in [0.2, 0.25) is 0 Å². The lowest BCUT2D eigenvalue weighted by Crippen LogP contribution is -2.56. The van der Waals surface area contributed by atoms with E-state index in [4.69, 9.17) is 14.9 Å². The molecule has 2 heterocycles. The number of benzene rings is 3. The van der Waals surface area contributed by atoms with Crippen molar-refractivity contribution < 1.29 is 42.9 Å². The standard InChI is InChI=1S/C33H38F2N4O3.C4H6O4/c1-37(2)31(41)36-32(26-11-7-4-8-12-26)15-18-38(19-16-32)20-17-33(27-13-14-28(34)29(35)23-27)24-39(21-22-42-33)30(40)25-9-5-3-6-10-25;5-3(6)1-2-4(7)8/h3-14,23H,15-22,24H2,1-2H3,(H,36,41);1-2H2,(H,5,6)(H,7,8)/t33-;/m0./s1. The summed E-state index contributed by atoms with van der Waals surface area (Å²) in [6.07, 6.45) is 1.33. The van der Waals surface area contributed by atoms with Gasteiger partial charge in [0.25, 0.3) is 5.91 Å². The van der Waals surface area contributed by atoms with Crippen LogP contribution in [0.5, 0.6) is 0 Å². The Bertz CT molecular complexity index is 1600. The van der Waals surface area contributed by atoms with Gasteiger partial charge in [-0.1, -0.05) is 54.6 Å². The van der Waals surface area contributed by atoms with Gasteiger partial charge in [-0.25, -0.2) is 13.6 Å². The van der Waals surface area contributed by atoms with E-state index in [9.17, 15) is 28.0 Å². The molecule has 0 saturated carbocycles. The Morgan fingerprint density at radius 1 is 0.820 bits per heavy atom. The highest BCUT2D eigenvalue weighted by Gasteiger charge is 2.42. The van der Waals surface area contributed by atoms with Gasteiger partial charge in [-0.05, 0) is 54.7 Å². The van der Waals surface area contributed by atoms with Gasteiger partial charge in [0.1, 0.15) is 5.60 Å². The molecule has 3 aromatic carbocycles. The highest BCUT2D eigenvalue weighted by Crippen LogP contribution is 2.37. The lowest BCUT2D eigenvalue weighted by atomic mass is 9.80. The smallest absolute Gasteiger partial charge is 0.317 e. The number of hydrogen-bond acceptors (Lipinski definition) is 6. The predicted molar refractivity (Wildman–Crippen MR) is 181 cm³/mol. The molecule has 2 aliphatic rings. The van der Waals surface area contributed by atoms with Crippen LogP contribution in [0.2, 0.25) is 0 Å². The van der Waals surface area contributed by atoms with Crippen LogP contribution in [0.25, 0.3) is 0 Å². The molecule has 2 fully saturated rings. The largest absolute Gasteiger partial charge is 0.481 e. The second-order valence-corrected chi connectivity index (χ2v) is 12.7. The number of likely N-dealkylation sites (tertiary alicyclic amines) is 1. The highest BCUT2D eigenvalue weighted by atomic mass is 19.2. The van der Waals surface area contributed by atoms with Crippen molar-refractivity contribution in [2.45, 2.75) is 43.2 Å². The van der Waals surface area contributed by atoms with Crippen LogP contribution in [-0.2, 0) is 25.5 Å². The minimum absolute atomic E-state index is 0.117. The third kappa shape index (κ3) is 9.85. The zero-order chi connectivity index (χ0) is 36.3. The van der Waals surface area contributed by atoms with Crippen molar-refractivity contribution in [2.75, 3.05) is 53.4 Å². The molecule has 3 aromatic rings. The molecule has 0 aromatic heterocycles. The number of hydrogen-bond donors (Lipinski definition) is 3. The summed E-state index contributed by atoms with van der Waals surface area (Å²) in [4.78, 5) is 51.0. The quantitative estimate of drug-likeness (QED) is 0.272. The zero-order valence-corrected chi connectivity index (χ0v) is 28.3. The molecule has 1 atom stereocenters. The molecule has 50 heavy (non-hydrogen) atoms. The van der Waals surface area contributed by atoms with Gasteiger partial charge >= 0.3 is 18.0 Å². The second kappa shape index (κ2) is 17.2. The number of rotatable bonds is 10. The third-order valence-corrected chi connectivity index (χ3v) is 9.11. The lowest BCUT2D eigenvalue weighted by molar-refractivity contribution is -0.143. The van der Waals surface area contributed by atoms with Gasteiger partial charge in [-0.2, -0.15) is 0 Å². The number of halogens is 2. The summed E-state index contributed by atoms with van der Waals surface area (Å²) in [5.41, 5.74) is 0.679. The van der Waals surface area contributed by atoms with Crippen molar-refractivity contribution in [3.8, 4) is 0 Å². The van der Waals surface area contributed by atoms with Crippen molar-refractivity contribution >= 4 is 23.9 Å². The van der Waals surface area contributed by atoms with Gasteiger partial charge in [0.05, 0.1) is 31.5 Å². The van der Waals surface area contributed by atoms with Crippen LogP contribution >= 0.6 is 0 Å². The number of amides is 3. The summed E-state index contributed by atoms with van der Waals surface area (Å²) in [5.74, 6) is -4.13.